The quantitative estimate of drug-likeness (QED) is 0.192. The van der Waals surface area contributed by atoms with Gasteiger partial charge in [0, 0.05) is 12.1 Å². The Morgan fingerprint density at radius 1 is 0.806 bits per heavy atom. The van der Waals surface area contributed by atoms with E-state index in [1.165, 1.54) is 13.0 Å². The van der Waals surface area contributed by atoms with Crippen LogP contribution in [-0.4, -0.2) is 36.1 Å². The van der Waals surface area contributed by atoms with Crippen molar-refractivity contribution in [3.63, 3.8) is 0 Å². The highest BCUT2D eigenvalue weighted by molar-refractivity contribution is 5.88. The second-order valence-corrected chi connectivity index (χ2v) is 8.33. The van der Waals surface area contributed by atoms with Gasteiger partial charge in [-0.2, -0.15) is 0 Å². The van der Waals surface area contributed by atoms with Gasteiger partial charge < -0.3 is 19.9 Å². The summed E-state index contributed by atoms with van der Waals surface area (Å²) in [5, 5.41) is 12.4. The van der Waals surface area contributed by atoms with E-state index in [4.69, 9.17) is 9.47 Å². The first-order valence-corrected chi connectivity index (χ1v) is 11.7. The Labute approximate surface area is 211 Å². The maximum absolute atomic E-state index is 11.6. The molecule has 0 fully saturated rings. The van der Waals surface area contributed by atoms with E-state index in [9.17, 15) is 14.7 Å². The monoisotopic (exact) mass is 485 g/mol. The van der Waals surface area contributed by atoms with Crippen LogP contribution in [-0.2, 0) is 16.0 Å². The van der Waals surface area contributed by atoms with Gasteiger partial charge in [0.05, 0.1) is 0 Å². The number of aliphatic carboxylic acids is 1. The second-order valence-electron chi connectivity index (χ2n) is 8.33. The SMILES string of the molecule is CC(=O)/C=C(\C)NC(Cc1ccc(OCCOc2ccc(/C=C/c3ccccc3)cc2)cc1)C(=O)O. The van der Waals surface area contributed by atoms with Gasteiger partial charge in [0.1, 0.15) is 30.8 Å². The predicted octanol–water partition coefficient (Wildman–Crippen LogP) is 5.39. The lowest BCUT2D eigenvalue weighted by atomic mass is 10.1. The molecule has 0 radical (unpaired) electrons. The van der Waals surface area contributed by atoms with Gasteiger partial charge in [-0.05, 0) is 60.9 Å². The number of carboxylic acid groups (broad SMARTS) is 1. The lowest BCUT2D eigenvalue weighted by molar-refractivity contribution is -0.139. The molecule has 6 heteroatoms. The average Bonchev–Trinajstić information content (AvgIpc) is 2.86. The molecule has 3 aromatic carbocycles. The second kappa shape index (κ2) is 13.5. The normalized spacial score (nSPS) is 12.2. The van der Waals surface area contributed by atoms with Gasteiger partial charge >= 0.3 is 5.97 Å². The molecule has 6 nitrogen and oxygen atoms in total. The van der Waals surface area contributed by atoms with Crippen molar-refractivity contribution in [3.05, 3.63) is 107 Å². The predicted molar refractivity (Wildman–Crippen MR) is 142 cm³/mol. The summed E-state index contributed by atoms with van der Waals surface area (Å²) in [5.74, 6) is 0.329. The van der Waals surface area contributed by atoms with Gasteiger partial charge in [0.15, 0.2) is 5.78 Å². The zero-order valence-corrected chi connectivity index (χ0v) is 20.5. The molecule has 1 unspecified atom stereocenters. The number of allylic oxidation sites excluding steroid dienone is 2. The molecule has 0 aliphatic heterocycles. The van der Waals surface area contributed by atoms with E-state index in [1.54, 1.807) is 19.1 Å². The summed E-state index contributed by atoms with van der Waals surface area (Å²) in [6.45, 7) is 3.87. The molecular formula is C30H31NO5. The number of nitrogens with one attached hydrogen (secondary N) is 1. The van der Waals surface area contributed by atoms with Crippen LogP contribution in [0.4, 0.5) is 0 Å². The maximum atomic E-state index is 11.6. The number of carbonyl (C=O) groups excluding carboxylic acids is 1. The number of hydrogen-bond acceptors (Lipinski definition) is 5. The van der Waals surface area contributed by atoms with Crippen LogP contribution in [0.25, 0.3) is 12.2 Å². The molecule has 0 heterocycles. The van der Waals surface area contributed by atoms with Crippen LogP contribution >= 0.6 is 0 Å². The Hall–Kier alpha value is -4.32. The summed E-state index contributed by atoms with van der Waals surface area (Å²) in [6, 6.07) is 24.5. The fourth-order valence-electron chi connectivity index (χ4n) is 3.53. The fraction of sp³-hybridized carbons (Fsp3) is 0.200. The fourth-order valence-corrected chi connectivity index (χ4v) is 3.53. The molecule has 0 saturated carbocycles. The lowest BCUT2D eigenvalue weighted by Crippen LogP contribution is -2.37. The molecular weight excluding hydrogens is 454 g/mol. The van der Waals surface area contributed by atoms with Crippen molar-refractivity contribution in [2.24, 2.45) is 0 Å². The van der Waals surface area contributed by atoms with Gasteiger partial charge in [0.25, 0.3) is 0 Å². The van der Waals surface area contributed by atoms with Gasteiger partial charge in [-0.25, -0.2) is 4.79 Å². The molecule has 0 aromatic heterocycles. The highest BCUT2D eigenvalue weighted by atomic mass is 16.5. The maximum Gasteiger partial charge on any atom is 0.326 e. The van der Waals surface area contributed by atoms with E-state index in [2.05, 4.69) is 29.6 Å². The lowest BCUT2D eigenvalue weighted by Gasteiger charge is -2.16. The molecule has 3 aromatic rings. The number of carboxylic acids is 1. The number of carbonyl (C=O) groups is 2. The van der Waals surface area contributed by atoms with E-state index < -0.39 is 12.0 Å². The third kappa shape index (κ3) is 9.14. The summed E-state index contributed by atoms with van der Waals surface area (Å²) in [7, 11) is 0. The van der Waals surface area contributed by atoms with Crippen molar-refractivity contribution in [1.82, 2.24) is 5.32 Å². The highest BCUT2D eigenvalue weighted by Gasteiger charge is 2.18. The third-order valence-electron chi connectivity index (χ3n) is 5.25. The van der Waals surface area contributed by atoms with E-state index in [0.717, 1.165) is 22.4 Å². The van der Waals surface area contributed by atoms with E-state index in [1.807, 2.05) is 54.6 Å². The van der Waals surface area contributed by atoms with Crippen LogP contribution in [0.2, 0.25) is 0 Å². The zero-order chi connectivity index (χ0) is 25.8. The van der Waals surface area contributed by atoms with Crippen LogP contribution < -0.4 is 14.8 Å². The topological polar surface area (TPSA) is 84.9 Å². The Morgan fingerprint density at radius 3 is 1.86 bits per heavy atom. The summed E-state index contributed by atoms with van der Waals surface area (Å²) < 4.78 is 11.5. The molecule has 0 amide bonds. The Bertz CT molecular complexity index is 1180. The van der Waals surface area contributed by atoms with Crippen LogP contribution in [0.3, 0.4) is 0 Å². The number of ketones is 1. The molecule has 0 bridgehead atoms. The largest absolute Gasteiger partial charge is 0.490 e. The van der Waals surface area contributed by atoms with Crippen LogP contribution in [0.15, 0.2) is 90.6 Å². The smallest absolute Gasteiger partial charge is 0.326 e. The van der Waals surface area contributed by atoms with Crippen molar-refractivity contribution >= 4 is 23.9 Å². The van der Waals surface area contributed by atoms with Gasteiger partial charge in [-0.1, -0.05) is 66.7 Å². The minimum absolute atomic E-state index is 0.136. The standard InChI is InChI=1S/C30H31NO5/c1-22(20-23(2)32)31-29(30(33)34)21-26-12-16-28(17-13-26)36-19-18-35-27-14-10-25(11-15-27)9-8-24-6-4-3-5-7-24/h3-17,20,29,31H,18-19,21H2,1-2H3,(H,33,34)/b9-8+,22-20+. The first-order chi connectivity index (χ1) is 17.4. The molecule has 0 aliphatic rings. The molecule has 3 rings (SSSR count). The van der Waals surface area contributed by atoms with E-state index >= 15 is 0 Å². The molecule has 1 atom stereocenters. The van der Waals surface area contributed by atoms with Crippen LogP contribution in [0, 0.1) is 0 Å². The minimum Gasteiger partial charge on any atom is -0.490 e. The summed E-state index contributed by atoms with van der Waals surface area (Å²) >= 11 is 0. The van der Waals surface area contributed by atoms with Crippen molar-refractivity contribution in [3.8, 4) is 11.5 Å². The van der Waals surface area contributed by atoms with Crippen LogP contribution in [0.5, 0.6) is 11.5 Å². The Morgan fingerprint density at radius 2 is 1.33 bits per heavy atom. The number of ether oxygens (including phenoxy) is 2. The number of hydrogen-bond donors (Lipinski definition) is 2. The first-order valence-electron chi connectivity index (χ1n) is 11.7. The molecule has 2 N–H and O–H groups in total. The molecule has 36 heavy (non-hydrogen) atoms. The third-order valence-corrected chi connectivity index (χ3v) is 5.25. The van der Waals surface area contributed by atoms with Gasteiger partial charge in [0.2, 0.25) is 0 Å². The molecule has 0 saturated heterocycles. The van der Waals surface area contributed by atoms with Crippen molar-refractivity contribution in [1.29, 1.82) is 0 Å². The van der Waals surface area contributed by atoms with Crippen molar-refractivity contribution in [2.75, 3.05) is 13.2 Å². The van der Waals surface area contributed by atoms with E-state index in [0.29, 0.717) is 24.7 Å². The summed E-state index contributed by atoms with van der Waals surface area (Å²) in [5.41, 5.74) is 3.61. The Kier molecular flexibility index (Phi) is 9.89. The van der Waals surface area contributed by atoms with Crippen LogP contribution in [0.1, 0.15) is 30.5 Å². The highest BCUT2D eigenvalue weighted by Crippen LogP contribution is 2.16. The summed E-state index contributed by atoms with van der Waals surface area (Å²) in [6.07, 6.45) is 5.79. The van der Waals surface area contributed by atoms with Crippen molar-refractivity contribution < 1.29 is 24.2 Å². The van der Waals surface area contributed by atoms with E-state index in [-0.39, 0.29) is 12.2 Å². The number of benzene rings is 3. The zero-order valence-electron chi connectivity index (χ0n) is 20.5. The molecule has 0 aliphatic carbocycles. The summed E-state index contributed by atoms with van der Waals surface area (Å²) in [4.78, 5) is 22.8. The average molecular weight is 486 g/mol. The minimum atomic E-state index is -0.982. The van der Waals surface area contributed by atoms with Gasteiger partial charge in [-0.3, -0.25) is 4.79 Å². The molecule has 186 valence electrons. The first kappa shape index (κ1) is 26.3. The Balaban J connectivity index is 1.42. The van der Waals surface area contributed by atoms with Crippen molar-refractivity contribution in [2.45, 2.75) is 26.3 Å². The molecule has 0 spiro atoms. The number of rotatable bonds is 13. The van der Waals surface area contributed by atoms with Gasteiger partial charge in [-0.15, -0.1) is 0 Å².